The van der Waals surface area contributed by atoms with Gasteiger partial charge in [-0.1, -0.05) is 6.92 Å². The van der Waals surface area contributed by atoms with Crippen LogP contribution >= 0.6 is 0 Å². The summed E-state index contributed by atoms with van der Waals surface area (Å²) in [7, 11) is 0. The minimum atomic E-state index is -4.79. The summed E-state index contributed by atoms with van der Waals surface area (Å²) in [5.74, 6) is 0. The largest absolute Gasteiger partial charge is 0.416 e. The summed E-state index contributed by atoms with van der Waals surface area (Å²) in [5.41, 5.74) is -3.14. The molecular weight excluding hydrogens is 284 g/mol. The number of rotatable bonds is 1. The van der Waals surface area contributed by atoms with E-state index in [1.807, 2.05) is 0 Å². The molecule has 1 N–H and O–H groups in total. The van der Waals surface area contributed by atoms with Crippen LogP contribution in [0.1, 0.15) is 30.0 Å². The second-order valence-electron chi connectivity index (χ2n) is 5.28. The fourth-order valence-electron chi connectivity index (χ4n) is 2.37. The van der Waals surface area contributed by atoms with E-state index in [0.717, 1.165) is 12.1 Å². The van der Waals surface area contributed by atoms with Gasteiger partial charge in [0.15, 0.2) is 0 Å². The second kappa shape index (κ2) is 4.65. The minimum absolute atomic E-state index is 0.0738. The molecule has 1 heterocycles. The molecule has 1 atom stereocenters. The lowest BCUT2D eigenvalue weighted by molar-refractivity contribution is -0.143. The van der Waals surface area contributed by atoms with Crippen molar-refractivity contribution in [1.82, 2.24) is 5.32 Å². The lowest BCUT2D eigenvalue weighted by Crippen LogP contribution is -2.26. The summed E-state index contributed by atoms with van der Waals surface area (Å²) in [6.07, 6.45) is -9.08. The van der Waals surface area contributed by atoms with Gasteiger partial charge in [-0.05, 0) is 36.7 Å². The Bertz CT molecular complexity index is 464. The van der Waals surface area contributed by atoms with Gasteiger partial charge < -0.3 is 5.32 Å². The molecule has 20 heavy (non-hydrogen) atoms. The molecule has 1 nitrogen and oxygen atoms in total. The van der Waals surface area contributed by atoms with Crippen LogP contribution in [0.5, 0.6) is 0 Å². The van der Waals surface area contributed by atoms with Crippen molar-refractivity contribution in [1.29, 1.82) is 0 Å². The Balaban J connectivity index is 2.57. The molecule has 1 fully saturated rings. The van der Waals surface area contributed by atoms with E-state index in [1.54, 1.807) is 6.92 Å². The Morgan fingerprint density at radius 3 is 1.80 bits per heavy atom. The van der Waals surface area contributed by atoms with E-state index < -0.39 is 28.9 Å². The third kappa shape index (κ3) is 2.92. The van der Waals surface area contributed by atoms with Gasteiger partial charge in [0.1, 0.15) is 0 Å². The van der Waals surface area contributed by atoms with Gasteiger partial charge >= 0.3 is 12.4 Å². The van der Waals surface area contributed by atoms with Gasteiger partial charge in [0.05, 0.1) is 11.1 Å². The van der Waals surface area contributed by atoms with Gasteiger partial charge in [0.2, 0.25) is 0 Å². The van der Waals surface area contributed by atoms with Gasteiger partial charge in [0, 0.05) is 12.0 Å². The molecule has 1 aromatic rings. The number of hydrogen-bond acceptors (Lipinski definition) is 1. The van der Waals surface area contributed by atoms with Gasteiger partial charge in [-0.2, -0.15) is 26.3 Å². The number of nitrogens with one attached hydrogen (secondary N) is 1. The van der Waals surface area contributed by atoms with Crippen molar-refractivity contribution in [2.45, 2.75) is 31.1 Å². The maximum atomic E-state index is 12.8. The van der Waals surface area contributed by atoms with Crippen molar-refractivity contribution in [3.63, 3.8) is 0 Å². The normalized spacial score (nSPS) is 24.1. The minimum Gasteiger partial charge on any atom is -0.316 e. The fourth-order valence-corrected chi connectivity index (χ4v) is 2.37. The van der Waals surface area contributed by atoms with E-state index in [-0.39, 0.29) is 11.6 Å². The monoisotopic (exact) mass is 297 g/mol. The molecular formula is C13H13F6N. The summed E-state index contributed by atoms with van der Waals surface area (Å²) in [6.45, 7) is 2.61. The van der Waals surface area contributed by atoms with Crippen LogP contribution in [-0.2, 0) is 17.8 Å². The maximum absolute atomic E-state index is 12.8. The molecule has 0 spiro atoms. The molecule has 0 radical (unpaired) electrons. The van der Waals surface area contributed by atoms with Crippen molar-refractivity contribution in [2.75, 3.05) is 13.1 Å². The van der Waals surface area contributed by atoms with Crippen molar-refractivity contribution in [3.05, 3.63) is 34.9 Å². The van der Waals surface area contributed by atoms with Gasteiger partial charge in [-0.3, -0.25) is 0 Å². The van der Waals surface area contributed by atoms with E-state index in [2.05, 4.69) is 5.32 Å². The molecule has 1 aliphatic rings. The Kier molecular flexibility index (Phi) is 3.52. The highest BCUT2D eigenvalue weighted by Crippen LogP contribution is 2.40. The van der Waals surface area contributed by atoms with Gasteiger partial charge in [-0.15, -0.1) is 0 Å². The zero-order valence-corrected chi connectivity index (χ0v) is 10.6. The SMILES string of the molecule is CC1(c2cc(C(F)(F)F)cc(C(F)(F)F)c2)CCNC1. The van der Waals surface area contributed by atoms with E-state index in [0.29, 0.717) is 19.5 Å². The van der Waals surface area contributed by atoms with Crippen LogP contribution in [0.25, 0.3) is 0 Å². The number of hydrogen-bond donors (Lipinski definition) is 1. The Labute approximate surface area is 112 Å². The second-order valence-corrected chi connectivity index (χ2v) is 5.28. The lowest BCUT2D eigenvalue weighted by Gasteiger charge is -2.25. The molecule has 7 heteroatoms. The summed E-state index contributed by atoms with van der Waals surface area (Å²) in [4.78, 5) is 0. The zero-order chi connectivity index (χ0) is 15.2. The molecule has 0 bridgehead atoms. The van der Waals surface area contributed by atoms with Crippen LogP contribution in [0.4, 0.5) is 26.3 Å². The molecule has 1 unspecified atom stereocenters. The standard InChI is InChI=1S/C13H13F6N/c1-11(2-3-20-7-11)8-4-9(12(14,15)16)6-10(5-8)13(17,18)19/h4-6,20H,2-3,7H2,1H3. The Morgan fingerprint density at radius 1 is 0.950 bits per heavy atom. The molecule has 1 saturated heterocycles. The van der Waals surface area contributed by atoms with Crippen molar-refractivity contribution in [2.24, 2.45) is 0 Å². The molecule has 0 amide bonds. The topological polar surface area (TPSA) is 12.0 Å². The number of halogens is 6. The van der Waals surface area contributed by atoms with E-state index in [9.17, 15) is 26.3 Å². The highest BCUT2D eigenvalue weighted by Gasteiger charge is 2.40. The molecule has 0 saturated carbocycles. The van der Waals surface area contributed by atoms with Gasteiger partial charge in [0.25, 0.3) is 0 Å². The van der Waals surface area contributed by atoms with Crippen molar-refractivity contribution in [3.8, 4) is 0 Å². The first-order valence-electron chi connectivity index (χ1n) is 6.03. The first-order valence-corrected chi connectivity index (χ1v) is 6.03. The quantitative estimate of drug-likeness (QED) is 0.773. The molecule has 0 aromatic heterocycles. The number of alkyl halides is 6. The highest BCUT2D eigenvalue weighted by atomic mass is 19.4. The molecule has 1 aliphatic heterocycles. The predicted octanol–water partition coefficient (Wildman–Crippen LogP) is 3.98. The van der Waals surface area contributed by atoms with Crippen LogP contribution in [0, 0.1) is 0 Å². The lowest BCUT2D eigenvalue weighted by atomic mass is 9.80. The van der Waals surface area contributed by atoms with Crippen LogP contribution < -0.4 is 5.32 Å². The Hall–Kier alpha value is -1.24. The zero-order valence-electron chi connectivity index (χ0n) is 10.6. The van der Waals surface area contributed by atoms with E-state index >= 15 is 0 Å². The Morgan fingerprint density at radius 2 is 1.45 bits per heavy atom. The van der Waals surface area contributed by atoms with Crippen LogP contribution in [0.3, 0.4) is 0 Å². The van der Waals surface area contributed by atoms with Crippen LogP contribution in [0.15, 0.2) is 18.2 Å². The molecule has 0 aliphatic carbocycles. The smallest absolute Gasteiger partial charge is 0.316 e. The summed E-state index contributed by atoms with van der Waals surface area (Å²) < 4.78 is 76.6. The van der Waals surface area contributed by atoms with E-state index in [4.69, 9.17) is 0 Å². The first kappa shape index (κ1) is 15.2. The maximum Gasteiger partial charge on any atom is 0.416 e. The predicted molar refractivity (Wildman–Crippen MR) is 61.3 cm³/mol. The van der Waals surface area contributed by atoms with Crippen LogP contribution in [-0.4, -0.2) is 13.1 Å². The average molecular weight is 297 g/mol. The molecule has 1 aromatic carbocycles. The van der Waals surface area contributed by atoms with E-state index in [1.165, 1.54) is 0 Å². The highest BCUT2D eigenvalue weighted by molar-refractivity contribution is 5.38. The fraction of sp³-hybridized carbons (Fsp3) is 0.538. The first-order chi connectivity index (χ1) is 9.02. The molecule has 2 rings (SSSR count). The summed E-state index contributed by atoms with van der Waals surface area (Å²) in [6, 6.07) is 1.81. The van der Waals surface area contributed by atoms with Gasteiger partial charge in [-0.25, -0.2) is 0 Å². The van der Waals surface area contributed by atoms with Crippen LogP contribution in [0.2, 0.25) is 0 Å². The number of benzene rings is 1. The average Bonchev–Trinajstić information content (AvgIpc) is 2.75. The molecule has 112 valence electrons. The third-order valence-electron chi connectivity index (χ3n) is 3.65. The summed E-state index contributed by atoms with van der Waals surface area (Å²) >= 11 is 0. The van der Waals surface area contributed by atoms with Crippen molar-refractivity contribution < 1.29 is 26.3 Å². The van der Waals surface area contributed by atoms with Crippen molar-refractivity contribution >= 4 is 0 Å². The summed E-state index contributed by atoms with van der Waals surface area (Å²) in [5, 5.41) is 2.97. The third-order valence-corrected chi connectivity index (χ3v) is 3.65.